The Labute approximate surface area is 143 Å². The molecule has 3 atom stereocenters. The number of fused-ring (bicyclic) bond motifs is 1. The maximum atomic E-state index is 12.8. The molecule has 0 amide bonds. The number of benzene rings is 2. The minimum atomic E-state index is -0.760. The molecule has 0 aliphatic heterocycles. The first-order chi connectivity index (χ1) is 11.6. The van der Waals surface area contributed by atoms with Gasteiger partial charge in [0.2, 0.25) is 0 Å². The largest absolute Gasteiger partial charge is 0.444 e. The van der Waals surface area contributed by atoms with E-state index in [1.165, 1.54) is 0 Å². The van der Waals surface area contributed by atoms with Crippen LogP contribution in [0.3, 0.4) is 0 Å². The lowest BCUT2D eigenvalue weighted by Gasteiger charge is -2.18. The minimum absolute atomic E-state index is 0.237. The van der Waals surface area contributed by atoms with Gasteiger partial charge >= 0.3 is 5.97 Å². The zero-order valence-corrected chi connectivity index (χ0v) is 13.9. The van der Waals surface area contributed by atoms with Crippen molar-refractivity contribution < 1.29 is 9.53 Å². The van der Waals surface area contributed by atoms with E-state index in [0.29, 0.717) is 11.5 Å². The molecule has 2 radical (unpaired) electrons. The van der Waals surface area contributed by atoms with Crippen molar-refractivity contribution in [3.63, 3.8) is 0 Å². The minimum Gasteiger partial charge on any atom is -0.444 e. The Morgan fingerprint density at radius 1 is 1.38 bits per heavy atom. The molecule has 24 heavy (non-hydrogen) atoms. The monoisotopic (exact) mass is 319 g/mol. The SMILES string of the molecule is [CH2]CC1C[CH]C(c2ccc3ccccc3c2C(=O)OC(C)C#N)C1. The Balaban J connectivity index is 2.07. The Morgan fingerprint density at radius 2 is 2.17 bits per heavy atom. The molecule has 3 heteroatoms. The third-order valence-electron chi connectivity index (χ3n) is 4.78. The van der Waals surface area contributed by atoms with Gasteiger partial charge in [0.05, 0.1) is 5.56 Å². The number of hydrogen-bond donors (Lipinski definition) is 0. The molecule has 1 aliphatic rings. The molecule has 122 valence electrons. The lowest BCUT2D eigenvalue weighted by Crippen LogP contribution is -2.16. The molecule has 0 saturated heterocycles. The van der Waals surface area contributed by atoms with Crippen molar-refractivity contribution in [1.29, 1.82) is 5.26 Å². The topological polar surface area (TPSA) is 50.1 Å². The fraction of sp³-hybridized carbons (Fsp3) is 0.333. The van der Waals surface area contributed by atoms with E-state index in [0.717, 1.165) is 35.6 Å². The third kappa shape index (κ3) is 3.14. The molecule has 2 aromatic carbocycles. The number of ether oxygens (including phenoxy) is 1. The first-order valence-corrected chi connectivity index (χ1v) is 8.38. The van der Waals surface area contributed by atoms with Gasteiger partial charge in [-0.25, -0.2) is 4.79 Å². The standard InChI is InChI=1S/C21H21NO2/c1-3-15-8-9-17(12-15)19-11-10-16-6-4-5-7-18(16)20(19)21(23)24-14(2)13-22/h4-7,9-11,14-15,17H,1,3,8,12H2,2H3. The quantitative estimate of drug-likeness (QED) is 0.758. The van der Waals surface area contributed by atoms with Crippen LogP contribution in [0.1, 0.15) is 48.0 Å². The van der Waals surface area contributed by atoms with E-state index in [1.807, 2.05) is 36.4 Å². The molecule has 3 nitrogen and oxygen atoms in total. The molecule has 3 unspecified atom stereocenters. The first kappa shape index (κ1) is 16.5. The van der Waals surface area contributed by atoms with Gasteiger partial charge in [-0.15, -0.1) is 0 Å². The summed E-state index contributed by atoms with van der Waals surface area (Å²) in [5.74, 6) is 0.395. The highest BCUT2D eigenvalue weighted by molar-refractivity contribution is 6.06. The van der Waals surface area contributed by atoms with Crippen LogP contribution in [-0.2, 0) is 4.74 Å². The summed E-state index contributed by atoms with van der Waals surface area (Å²) in [6.45, 7) is 5.59. The van der Waals surface area contributed by atoms with Gasteiger partial charge in [0.1, 0.15) is 6.07 Å². The van der Waals surface area contributed by atoms with Gasteiger partial charge in [-0.1, -0.05) is 49.7 Å². The van der Waals surface area contributed by atoms with Crippen LogP contribution in [0.15, 0.2) is 36.4 Å². The summed E-state index contributed by atoms with van der Waals surface area (Å²) in [5, 5.41) is 10.8. The van der Waals surface area contributed by atoms with Crippen LogP contribution < -0.4 is 0 Å². The van der Waals surface area contributed by atoms with Crippen molar-refractivity contribution in [2.75, 3.05) is 0 Å². The Hall–Kier alpha value is -2.34. The van der Waals surface area contributed by atoms with E-state index in [4.69, 9.17) is 10.00 Å². The lowest BCUT2D eigenvalue weighted by molar-refractivity contribution is 0.0436. The van der Waals surface area contributed by atoms with Crippen molar-refractivity contribution in [3.05, 3.63) is 60.9 Å². The molecular weight excluding hydrogens is 298 g/mol. The molecule has 0 heterocycles. The van der Waals surface area contributed by atoms with Crippen molar-refractivity contribution in [1.82, 2.24) is 0 Å². The first-order valence-electron chi connectivity index (χ1n) is 8.38. The Kier molecular flexibility index (Phi) is 4.85. The highest BCUT2D eigenvalue weighted by Crippen LogP contribution is 2.41. The number of esters is 1. The molecule has 0 aromatic heterocycles. The van der Waals surface area contributed by atoms with Crippen LogP contribution in [0, 0.1) is 30.6 Å². The van der Waals surface area contributed by atoms with Crippen molar-refractivity contribution >= 4 is 16.7 Å². The van der Waals surface area contributed by atoms with E-state index in [2.05, 4.69) is 19.4 Å². The molecule has 2 aromatic rings. The smallest absolute Gasteiger partial charge is 0.340 e. The summed E-state index contributed by atoms with van der Waals surface area (Å²) in [6, 6.07) is 13.9. The van der Waals surface area contributed by atoms with E-state index >= 15 is 0 Å². The second-order valence-electron chi connectivity index (χ2n) is 6.40. The zero-order chi connectivity index (χ0) is 17.1. The summed E-state index contributed by atoms with van der Waals surface area (Å²) in [7, 11) is 0. The van der Waals surface area contributed by atoms with Crippen molar-refractivity contribution in [3.8, 4) is 6.07 Å². The number of carbonyl (C=O) groups excluding carboxylic acids is 1. The number of rotatable bonds is 4. The maximum Gasteiger partial charge on any atom is 0.340 e. The summed E-state index contributed by atoms with van der Waals surface area (Å²) >= 11 is 0. The molecule has 0 bridgehead atoms. The molecule has 1 saturated carbocycles. The van der Waals surface area contributed by atoms with Gasteiger partial charge in [-0.05, 0) is 54.4 Å². The average Bonchev–Trinajstić information content (AvgIpc) is 3.09. The molecule has 0 N–H and O–H groups in total. The summed E-state index contributed by atoms with van der Waals surface area (Å²) in [5.41, 5.74) is 1.60. The van der Waals surface area contributed by atoms with Crippen LogP contribution in [0.4, 0.5) is 0 Å². The molecular formula is C21H21NO2. The van der Waals surface area contributed by atoms with E-state index < -0.39 is 12.1 Å². The number of nitrogens with zero attached hydrogens (tertiary/aromatic N) is 1. The molecule has 1 fully saturated rings. The molecule has 3 rings (SSSR count). The number of carbonyl (C=O) groups is 1. The van der Waals surface area contributed by atoms with Crippen LogP contribution >= 0.6 is 0 Å². The number of hydrogen-bond acceptors (Lipinski definition) is 3. The normalized spacial score (nSPS) is 21.4. The predicted octanol–water partition coefficient (Wildman–Crippen LogP) is 4.83. The van der Waals surface area contributed by atoms with E-state index in [9.17, 15) is 4.79 Å². The Morgan fingerprint density at radius 3 is 2.88 bits per heavy atom. The van der Waals surface area contributed by atoms with Gasteiger partial charge in [0.15, 0.2) is 6.10 Å². The fourth-order valence-corrected chi connectivity index (χ4v) is 3.47. The predicted molar refractivity (Wildman–Crippen MR) is 94.2 cm³/mol. The fourth-order valence-electron chi connectivity index (χ4n) is 3.47. The average molecular weight is 319 g/mol. The van der Waals surface area contributed by atoms with Gasteiger partial charge in [0, 0.05) is 0 Å². The maximum absolute atomic E-state index is 12.8. The van der Waals surface area contributed by atoms with Crippen LogP contribution in [0.5, 0.6) is 0 Å². The van der Waals surface area contributed by atoms with E-state index in [-0.39, 0.29) is 5.92 Å². The van der Waals surface area contributed by atoms with Gasteiger partial charge in [0.25, 0.3) is 0 Å². The lowest BCUT2D eigenvalue weighted by atomic mass is 9.88. The van der Waals surface area contributed by atoms with Crippen molar-refractivity contribution in [2.45, 2.75) is 38.2 Å². The second kappa shape index (κ2) is 7.05. The highest BCUT2D eigenvalue weighted by Gasteiger charge is 2.30. The van der Waals surface area contributed by atoms with Gasteiger partial charge < -0.3 is 4.74 Å². The zero-order valence-electron chi connectivity index (χ0n) is 13.9. The van der Waals surface area contributed by atoms with E-state index in [1.54, 1.807) is 6.92 Å². The summed E-state index contributed by atoms with van der Waals surface area (Å²) in [6.07, 6.45) is 4.47. The molecule has 0 spiro atoms. The van der Waals surface area contributed by atoms with Crippen LogP contribution in [0.2, 0.25) is 0 Å². The van der Waals surface area contributed by atoms with Crippen LogP contribution in [0.25, 0.3) is 10.8 Å². The van der Waals surface area contributed by atoms with Gasteiger partial charge in [-0.3, -0.25) is 0 Å². The highest BCUT2D eigenvalue weighted by atomic mass is 16.5. The van der Waals surface area contributed by atoms with Crippen molar-refractivity contribution in [2.24, 2.45) is 5.92 Å². The molecule has 1 aliphatic carbocycles. The van der Waals surface area contributed by atoms with Gasteiger partial charge in [-0.2, -0.15) is 5.26 Å². The summed E-state index contributed by atoms with van der Waals surface area (Å²) < 4.78 is 5.32. The summed E-state index contributed by atoms with van der Waals surface area (Å²) in [4.78, 5) is 12.8. The third-order valence-corrected chi connectivity index (χ3v) is 4.78. The number of nitriles is 1. The Bertz CT molecular complexity index is 790. The second-order valence-corrected chi connectivity index (χ2v) is 6.40. The van der Waals surface area contributed by atoms with Crippen LogP contribution in [-0.4, -0.2) is 12.1 Å².